The van der Waals surface area contributed by atoms with Gasteiger partial charge in [0.2, 0.25) is 0 Å². The van der Waals surface area contributed by atoms with Crippen molar-refractivity contribution in [2.24, 2.45) is 4.99 Å². The van der Waals surface area contributed by atoms with Gasteiger partial charge in [-0.25, -0.2) is 13.8 Å². The molecule has 164 valence electrons. The first-order valence-electron chi connectivity index (χ1n) is 9.36. The number of halogens is 3. The van der Waals surface area contributed by atoms with E-state index in [1.807, 2.05) is 13.2 Å². The monoisotopic (exact) mass is 548 g/mol. The van der Waals surface area contributed by atoms with E-state index in [2.05, 4.69) is 20.9 Å². The highest BCUT2D eigenvalue weighted by Crippen LogP contribution is 2.17. The summed E-state index contributed by atoms with van der Waals surface area (Å²) in [7, 11) is 0. The van der Waals surface area contributed by atoms with E-state index in [1.165, 1.54) is 18.2 Å². The smallest absolute Gasteiger partial charge is 0.254 e. The summed E-state index contributed by atoms with van der Waals surface area (Å²) in [4.78, 5) is 16.6. The molecule has 0 unspecified atom stereocenters. The lowest BCUT2D eigenvalue weighted by Gasteiger charge is -2.13. The van der Waals surface area contributed by atoms with Gasteiger partial charge in [-0.3, -0.25) is 4.79 Å². The highest BCUT2D eigenvalue weighted by molar-refractivity contribution is 14.0. The van der Waals surface area contributed by atoms with E-state index in [9.17, 15) is 13.6 Å². The molecule has 0 heterocycles. The van der Waals surface area contributed by atoms with Crippen LogP contribution in [0.15, 0.2) is 47.5 Å². The Balaban J connectivity index is 0.00000450. The average molecular weight is 548 g/mol. The third kappa shape index (κ3) is 8.47. The van der Waals surface area contributed by atoms with Crippen LogP contribution in [0.1, 0.15) is 28.4 Å². The van der Waals surface area contributed by atoms with Crippen LogP contribution in [-0.4, -0.2) is 37.8 Å². The summed E-state index contributed by atoms with van der Waals surface area (Å²) in [6.07, 6.45) is 1.97. The molecule has 3 N–H and O–H groups in total. The Labute approximate surface area is 197 Å². The second-order valence-electron chi connectivity index (χ2n) is 6.20. The second kappa shape index (κ2) is 14.2. The SMILES string of the molecule is CCNC(=NCc1ccc(F)cc1CSC)NCCNC(=O)c1ccccc1F.I. The van der Waals surface area contributed by atoms with Gasteiger partial charge < -0.3 is 16.0 Å². The van der Waals surface area contributed by atoms with Crippen molar-refractivity contribution in [3.05, 3.63) is 70.8 Å². The summed E-state index contributed by atoms with van der Waals surface area (Å²) in [6, 6.07) is 10.6. The van der Waals surface area contributed by atoms with Gasteiger partial charge in [0.1, 0.15) is 11.6 Å². The molecule has 0 aliphatic carbocycles. The summed E-state index contributed by atoms with van der Waals surface area (Å²) >= 11 is 1.63. The number of carbonyl (C=O) groups is 1. The molecular weight excluding hydrogens is 521 g/mol. The Morgan fingerprint density at radius 3 is 2.47 bits per heavy atom. The maximum atomic E-state index is 13.6. The van der Waals surface area contributed by atoms with Gasteiger partial charge >= 0.3 is 0 Å². The Hall–Kier alpha value is -1.88. The first-order valence-corrected chi connectivity index (χ1v) is 10.8. The molecule has 0 aromatic heterocycles. The first kappa shape index (κ1) is 26.2. The van der Waals surface area contributed by atoms with Crippen LogP contribution in [0, 0.1) is 11.6 Å². The van der Waals surface area contributed by atoms with Crippen LogP contribution < -0.4 is 16.0 Å². The summed E-state index contributed by atoms with van der Waals surface area (Å²) < 4.78 is 27.1. The maximum Gasteiger partial charge on any atom is 0.254 e. The highest BCUT2D eigenvalue weighted by atomic mass is 127. The van der Waals surface area contributed by atoms with Gasteiger partial charge in [-0.05, 0) is 48.6 Å². The van der Waals surface area contributed by atoms with Crippen molar-refractivity contribution in [2.45, 2.75) is 19.2 Å². The van der Waals surface area contributed by atoms with Gasteiger partial charge in [-0.2, -0.15) is 11.8 Å². The molecule has 0 atom stereocenters. The molecule has 0 radical (unpaired) electrons. The van der Waals surface area contributed by atoms with Gasteiger partial charge in [-0.15, -0.1) is 24.0 Å². The number of aliphatic imine (C=N–C) groups is 1. The lowest BCUT2D eigenvalue weighted by atomic mass is 10.1. The summed E-state index contributed by atoms with van der Waals surface area (Å²) in [5.41, 5.74) is 1.91. The van der Waals surface area contributed by atoms with E-state index in [1.54, 1.807) is 36.0 Å². The van der Waals surface area contributed by atoms with E-state index < -0.39 is 11.7 Å². The summed E-state index contributed by atoms with van der Waals surface area (Å²) in [5, 5.41) is 8.93. The number of hydrogen-bond acceptors (Lipinski definition) is 3. The molecule has 2 aromatic carbocycles. The van der Waals surface area contributed by atoms with Crippen molar-refractivity contribution >= 4 is 47.6 Å². The predicted octanol–water partition coefficient (Wildman–Crippen LogP) is 3.93. The molecule has 1 amide bonds. The Morgan fingerprint density at radius 2 is 1.77 bits per heavy atom. The highest BCUT2D eigenvalue weighted by Gasteiger charge is 2.10. The number of amides is 1. The van der Waals surface area contributed by atoms with Gasteiger partial charge in [0, 0.05) is 25.4 Å². The molecule has 0 bridgehead atoms. The molecule has 0 spiro atoms. The van der Waals surface area contributed by atoms with Crippen LogP contribution >= 0.6 is 35.7 Å². The van der Waals surface area contributed by atoms with Crippen LogP contribution in [-0.2, 0) is 12.3 Å². The van der Waals surface area contributed by atoms with Crippen LogP contribution in [0.3, 0.4) is 0 Å². The zero-order chi connectivity index (χ0) is 21.1. The van der Waals surface area contributed by atoms with Crippen molar-refractivity contribution in [3.63, 3.8) is 0 Å². The average Bonchev–Trinajstić information content (AvgIpc) is 2.70. The van der Waals surface area contributed by atoms with Crippen LogP contribution in [0.25, 0.3) is 0 Å². The number of carbonyl (C=O) groups excluding carboxylic acids is 1. The number of hydrogen-bond donors (Lipinski definition) is 3. The molecule has 0 aliphatic rings. The maximum absolute atomic E-state index is 13.6. The Morgan fingerprint density at radius 1 is 1.03 bits per heavy atom. The standard InChI is InChI=1S/C21H26F2N4OS.HI/c1-3-24-21(27-13-15-8-9-17(22)12-16(15)14-29-2)26-11-10-25-20(28)18-6-4-5-7-19(18)23;/h4-9,12H,3,10-11,13-14H2,1-2H3,(H,25,28)(H2,24,26,27);1H. The van der Waals surface area contributed by atoms with Crippen molar-refractivity contribution in [1.29, 1.82) is 0 Å². The molecular formula is C21H27F2IN4OS. The zero-order valence-corrected chi connectivity index (χ0v) is 20.2. The fraction of sp³-hybridized carbons (Fsp3) is 0.333. The normalized spacial score (nSPS) is 10.9. The molecule has 30 heavy (non-hydrogen) atoms. The minimum Gasteiger partial charge on any atom is -0.357 e. The van der Waals surface area contributed by atoms with E-state index >= 15 is 0 Å². The van der Waals surface area contributed by atoms with Crippen LogP contribution in [0.2, 0.25) is 0 Å². The number of nitrogens with zero attached hydrogens (tertiary/aromatic N) is 1. The molecule has 0 saturated carbocycles. The fourth-order valence-electron chi connectivity index (χ4n) is 2.64. The summed E-state index contributed by atoms with van der Waals surface area (Å²) in [6.45, 7) is 3.77. The minimum absolute atomic E-state index is 0. The first-order chi connectivity index (χ1) is 14.0. The minimum atomic E-state index is -0.548. The largest absolute Gasteiger partial charge is 0.357 e. The molecule has 5 nitrogen and oxygen atoms in total. The molecule has 9 heteroatoms. The van der Waals surface area contributed by atoms with E-state index in [0.717, 1.165) is 11.1 Å². The van der Waals surface area contributed by atoms with E-state index in [4.69, 9.17) is 0 Å². The molecule has 0 fully saturated rings. The van der Waals surface area contributed by atoms with Crippen LogP contribution in [0.5, 0.6) is 0 Å². The molecule has 2 aromatic rings. The Kier molecular flexibility index (Phi) is 12.4. The zero-order valence-electron chi connectivity index (χ0n) is 17.0. The number of guanidine groups is 1. The molecule has 2 rings (SSSR count). The van der Waals surface area contributed by atoms with Crippen molar-refractivity contribution in [3.8, 4) is 0 Å². The molecule has 0 aliphatic heterocycles. The van der Waals surface area contributed by atoms with E-state index in [-0.39, 0.29) is 35.4 Å². The van der Waals surface area contributed by atoms with Crippen molar-refractivity contribution in [1.82, 2.24) is 16.0 Å². The van der Waals surface area contributed by atoms with Gasteiger partial charge in [-0.1, -0.05) is 18.2 Å². The van der Waals surface area contributed by atoms with Gasteiger partial charge in [0.05, 0.1) is 12.1 Å². The molecule has 0 saturated heterocycles. The quantitative estimate of drug-likeness (QED) is 0.192. The van der Waals surface area contributed by atoms with Gasteiger partial charge in [0.15, 0.2) is 5.96 Å². The number of benzene rings is 2. The topological polar surface area (TPSA) is 65.5 Å². The third-order valence-corrected chi connectivity index (χ3v) is 4.64. The van der Waals surface area contributed by atoms with Crippen LogP contribution in [0.4, 0.5) is 8.78 Å². The summed E-state index contributed by atoms with van der Waals surface area (Å²) in [5.74, 6) is 0.0480. The number of thioether (sulfide) groups is 1. The van der Waals surface area contributed by atoms with Crippen molar-refractivity contribution in [2.75, 3.05) is 25.9 Å². The number of rotatable bonds is 9. The van der Waals surface area contributed by atoms with E-state index in [0.29, 0.717) is 37.9 Å². The third-order valence-electron chi connectivity index (χ3n) is 4.04. The van der Waals surface area contributed by atoms with Gasteiger partial charge in [0.25, 0.3) is 5.91 Å². The number of nitrogens with one attached hydrogen (secondary N) is 3. The fourth-order valence-corrected chi connectivity index (χ4v) is 3.22. The van der Waals surface area contributed by atoms with Crippen molar-refractivity contribution < 1.29 is 13.6 Å². The predicted molar refractivity (Wildman–Crippen MR) is 131 cm³/mol. The lowest BCUT2D eigenvalue weighted by Crippen LogP contribution is -2.41. The lowest BCUT2D eigenvalue weighted by molar-refractivity contribution is 0.0950. The Bertz CT molecular complexity index is 852. The second-order valence-corrected chi connectivity index (χ2v) is 7.07.